The van der Waals surface area contributed by atoms with Crippen molar-refractivity contribution in [2.45, 2.75) is 6.92 Å². The number of fused-ring (bicyclic) bond motifs is 1. The first-order valence-corrected chi connectivity index (χ1v) is 10.7. The summed E-state index contributed by atoms with van der Waals surface area (Å²) in [5.41, 5.74) is 0.269. The van der Waals surface area contributed by atoms with E-state index in [4.69, 9.17) is 16.7 Å². The lowest BCUT2D eigenvalue weighted by molar-refractivity contribution is -0.870. The fourth-order valence-corrected chi connectivity index (χ4v) is 3.47. The smallest absolute Gasteiger partial charge is 0.267 e. The number of carbonyl (C=O) groups excluding carboxylic acids is 1. The second-order valence-electron chi connectivity index (χ2n) is 8.34. The minimum absolute atomic E-state index is 0.280. The Labute approximate surface area is 193 Å². The number of pyridine rings is 1. The van der Waals surface area contributed by atoms with Gasteiger partial charge >= 0.3 is 0 Å². The molecule has 1 aromatic heterocycles. The molecule has 0 aliphatic heterocycles. The molecule has 32 heavy (non-hydrogen) atoms. The van der Waals surface area contributed by atoms with Crippen molar-refractivity contribution in [2.24, 2.45) is 7.05 Å². The molecule has 3 aromatic rings. The van der Waals surface area contributed by atoms with Gasteiger partial charge < -0.3 is 24.2 Å². The number of para-hydroxylation sites is 1. The molecule has 0 spiro atoms. The Balaban J connectivity index is 0.000000451. The number of likely N-dealkylation sites (N-methyl/N-ethyl adjacent to an activating group) is 1. The van der Waals surface area contributed by atoms with Crippen LogP contribution in [0.5, 0.6) is 5.75 Å². The number of anilines is 1. The number of aryl methyl sites for hydroxylation is 1. The van der Waals surface area contributed by atoms with Crippen molar-refractivity contribution >= 4 is 34.1 Å². The molecule has 7 nitrogen and oxygen atoms in total. The predicted octanol–water partition coefficient (Wildman–Crippen LogP) is 3.25. The Kier molecular flexibility index (Phi) is 8.44. The Bertz CT molecular complexity index is 1140. The summed E-state index contributed by atoms with van der Waals surface area (Å²) in [5, 5.41) is 19.6. The fourth-order valence-electron chi connectivity index (χ4n) is 3.21. The van der Waals surface area contributed by atoms with Gasteiger partial charge in [0.15, 0.2) is 0 Å². The number of amides is 1. The van der Waals surface area contributed by atoms with Gasteiger partial charge in [-0.25, -0.2) is 0 Å². The van der Waals surface area contributed by atoms with E-state index >= 15 is 0 Å². The van der Waals surface area contributed by atoms with Crippen LogP contribution in [0.25, 0.3) is 10.9 Å². The van der Waals surface area contributed by atoms with E-state index in [2.05, 4.69) is 21.1 Å². The molecular weight excluding hydrogens is 430 g/mol. The maximum atomic E-state index is 13.0. The first-order valence-electron chi connectivity index (χ1n) is 10.3. The molecule has 0 aliphatic rings. The number of nitrogens with zero attached hydrogens (tertiary/aromatic N) is 3. The molecule has 0 bridgehead atoms. The Morgan fingerprint density at radius 1 is 1.09 bits per heavy atom. The molecule has 0 atom stereocenters. The molecular formula is C24H31ClN3O4+. The summed E-state index contributed by atoms with van der Waals surface area (Å²) in [6.07, 6.45) is 0. The number of aromatic hydroxyl groups is 1. The molecule has 2 aromatic carbocycles. The van der Waals surface area contributed by atoms with E-state index in [0.717, 1.165) is 11.0 Å². The van der Waals surface area contributed by atoms with Crippen molar-refractivity contribution in [2.75, 3.05) is 45.7 Å². The molecule has 0 radical (unpaired) electrons. The number of quaternary nitrogens is 1. The van der Waals surface area contributed by atoms with E-state index in [1.807, 2.05) is 6.07 Å². The standard InChI is InChI=1S/C19H17ClN2O3.C5H14NO/c1-3-22(12-8-5-4-6-9-12)19(25)16-17(23)15-13(20)10-7-11-14(15)21(2)18(16)24;1-6(2,3)4-5-7/h4-11,23H,3H2,1-2H3;7H,4-5H2,1-3H3/q;+1. The maximum absolute atomic E-state index is 13.0. The third-order valence-corrected chi connectivity index (χ3v) is 5.27. The SMILES string of the molecule is CCN(C(=O)c1c(O)c2c(Cl)cccc2n(C)c1=O)c1ccccc1.C[N+](C)(C)CCO. The van der Waals surface area contributed by atoms with Gasteiger partial charge in [0.25, 0.3) is 11.5 Å². The van der Waals surface area contributed by atoms with Crippen LogP contribution in [0, 0.1) is 0 Å². The lowest BCUT2D eigenvalue weighted by Gasteiger charge is -2.22. The molecule has 1 amide bonds. The van der Waals surface area contributed by atoms with Gasteiger partial charge in [0.1, 0.15) is 17.9 Å². The average molecular weight is 461 g/mol. The van der Waals surface area contributed by atoms with Crippen molar-refractivity contribution in [3.63, 3.8) is 0 Å². The zero-order valence-corrected chi connectivity index (χ0v) is 19.9. The predicted molar refractivity (Wildman–Crippen MR) is 130 cm³/mol. The summed E-state index contributed by atoms with van der Waals surface area (Å²) in [5.74, 6) is -0.947. The zero-order chi connectivity index (χ0) is 24.1. The lowest BCUT2D eigenvalue weighted by Crippen LogP contribution is -2.36. The normalized spacial score (nSPS) is 11.1. The van der Waals surface area contributed by atoms with Gasteiger partial charge in [-0.2, -0.15) is 0 Å². The number of hydrogen-bond acceptors (Lipinski definition) is 4. The van der Waals surface area contributed by atoms with E-state index in [9.17, 15) is 14.7 Å². The van der Waals surface area contributed by atoms with Gasteiger partial charge in [-0.05, 0) is 31.2 Å². The van der Waals surface area contributed by atoms with E-state index in [-0.39, 0.29) is 22.9 Å². The molecule has 0 unspecified atom stereocenters. The topological polar surface area (TPSA) is 82.8 Å². The van der Waals surface area contributed by atoms with E-state index in [1.54, 1.807) is 56.4 Å². The van der Waals surface area contributed by atoms with Crippen LogP contribution in [0.2, 0.25) is 5.02 Å². The van der Waals surface area contributed by atoms with Gasteiger partial charge in [0.05, 0.1) is 43.7 Å². The maximum Gasteiger partial charge on any atom is 0.267 e. The van der Waals surface area contributed by atoms with E-state index in [1.165, 1.54) is 9.47 Å². The van der Waals surface area contributed by atoms with Gasteiger partial charge in [-0.15, -0.1) is 0 Å². The number of halogens is 1. The number of aliphatic hydroxyl groups is 1. The highest BCUT2D eigenvalue weighted by Crippen LogP contribution is 2.33. The summed E-state index contributed by atoms with van der Waals surface area (Å²) in [7, 11) is 7.71. The third kappa shape index (κ3) is 5.68. The number of aromatic nitrogens is 1. The monoisotopic (exact) mass is 460 g/mol. The second kappa shape index (κ2) is 10.6. The molecule has 0 fully saturated rings. The van der Waals surface area contributed by atoms with Crippen LogP contribution in [0.4, 0.5) is 5.69 Å². The van der Waals surface area contributed by atoms with Gasteiger partial charge in [-0.3, -0.25) is 9.59 Å². The zero-order valence-electron chi connectivity index (χ0n) is 19.2. The van der Waals surface area contributed by atoms with Gasteiger partial charge in [0.2, 0.25) is 0 Å². The minimum Gasteiger partial charge on any atom is -0.506 e. The van der Waals surface area contributed by atoms with Crippen LogP contribution in [0.15, 0.2) is 53.3 Å². The number of aliphatic hydroxyl groups excluding tert-OH is 1. The van der Waals surface area contributed by atoms with Gasteiger partial charge in [0, 0.05) is 19.3 Å². The Morgan fingerprint density at radius 3 is 2.22 bits per heavy atom. The van der Waals surface area contributed by atoms with Crippen molar-refractivity contribution in [1.29, 1.82) is 0 Å². The second-order valence-corrected chi connectivity index (χ2v) is 8.75. The third-order valence-electron chi connectivity index (χ3n) is 4.96. The Morgan fingerprint density at radius 2 is 1.72 bits per heavy atom. The van der Waals surface area contributed by atoms with Crippen LogP contribution < -0.4 is 10.5 Å². The van der Waals surface area contributed by atoms with E-state index < -0.39 is 11.5 Å². The number of hydrogen-bond donors (Lipinski definition) is 2. The molecule has 2 N–H and O–H groups in total. The van der Waals surface area contributed by atoms with Gasteiger partial charge in [-0.1, -0.05) is 35.9 Å². The summed E-state index contributed by atoms with van der Waals surface area (Å²) < 4.78 is 2.17. The van der Waals surface area contributed by atoms with E-state index in [0.29, 0.717) is 23.1 Å². The lowest BCUT2D eigenvalue weighted by atomic mass is 10.1. The highest BCUT2D eigenvalue weighted by atomic mass is 35.5. The Hall–Kier alpha value is -2.87. The molecule has 0 saturated carbocycles. The van der Waals surface area contributed by atoms with Crippen LogP contribution in [0.3, 0.4) is 0 Å². The first-order chi connectivity index (χ1) is 15.0. The quantitative estimate of drug-likeness (QED) is 0.572. The molecule has 3 rings (SSSR count). The molecule has 1 heterocycles. The largest absolute Gasteiger partial charge is 0.506 e. The summed E-state index contributed by atoms with van der Waals surface area (Å²) >= 11 is 6.19. The van der Waals surface area contributed by atoms with Crippen LogP contribution >= 0.6 is 11.6 Å². The van der Waals surface area contributed by atoms with Crippen molar-refractivity contribution in [3.05, 3.63) is 69.5 Å². The summed E-state index contributed by atoms with van der Waals surface area (Å²) in [4.78, 5) is 27.2. The van der Waals surface area contributed by atoms with Crippen molar-refractivity contribution in [3.8, 4) is 5.75 Å². The minimum atomic E-state index is -0.563. The average Bonchev–Trinajstić information content (AvgIpc) is 2.73. The molecule has 0 aliphatic carbocycles. The molecule has 8 heteroatoms. The highest BCUT2D eigenvalue weighted by Gasteiger charge is 2.26. The molecule has 172 valence electrons. The fraction of sp³-hybridized carbons (Fsp3) is 0.333. The van der Waals surface area contributed by atoms with Crippen molar-refractivity contribution in [1.82, 2.24) is 4.57 Å². The summed E-state index contributed by atoms with van der Waals surface area (Å²) in [6.45, 7) is 3.27. The summed E-state index contributed by atoms with van der Waals surface area (Å²) in [6, 6.07) is 14.0. The molecule has 0 saturated heterocycles. The van der Waals surface area contributed by atoms with Crippen LogP contribution in [0.1, 0.15) is 17.3 Å². The van der Waals surface area contributed by atoms with Crippen molar-refractivity contribution < 1.29 is 19.5 Å². The number of carbonyl (C=O) groups is 1. The highest BCUT2D eigenvalue weighted by molar-refractivity contribution is 6.36. The number of benzene rings is 2. The van der Waals surface area contributed by atoms with Crippen LogP contribution in [-0.2, 0) is 7.05 Å². The first kappa shape index (κ1) is 25.4. The number of rotatable bonds is 5. The van der Waals surface area contributed by atoms with Crippen LogP contribution in [-0.4, -0.2) is 66.0 Å².